The Hall–Kier alpha value is -2.41. The van der Waals surface area contributed by atoms with Crippen LogP contribution in [0.15, 0.2) is 102 Å². The van der Waals surface area contributed by atoms with Crippen molar-refractivity contribution < 1.29 is 21.9 Å². The molecule has 0 N–H and O–H groups in total. The van der Waals surface area contributed by atoms with E-state index in [9.17, 15) is 4.79 Å². The lowest BCUT2D eigenvalue weighted by atomic mass is 9.48. The Kier molecular flexibility index (Phi) is 7.12. The summed E-state index contributed by atoms with van der Waals surface area (Å²) in [5, 5.41) is 3.84. The van der Waals surface area contributed by atoms with Gasteiger partial charge in [0.2, 0.25) is 0 Å². The van der Waals surface area contributed by atoms with Crippen molar-refractivity contribution in [2.75, 3.05) is 7.11 Å². The Labute approximate surface area is 221 Å². The number of rotatable bonds is 6. The van der Waals surface area contributed by atoms with Crippen LogP contribution >= 0.6 is 7.26 Å². The molecule has 4 fully saturated rings. The lowest BCUT2D eigenvalue weighted by Gasteiger charge is -2.57. The van der Waals surface area contributed by atoms with Gasteiger partial charge in [-0.05, 0) is 92.7 Å². The van der Waals surface area contributed by atoms with Crippen LogP contribution in [0.4, 0.5) is 0 Å². The lowest BCUT2D eigenvalue weighted by Crippen LogP contribution is -3.00. The molecule has 0 atom stereocenters. The minimum Gasteiger partial charge on any atom is -1.00 e. The molecule has 0 saturated heterocycles. The molecule has 0 radical (unpaired) electrons. The maximum atomic E-state index is 13.7. The largest absolute Gasteiger partial charge is 1.00 e. The second kappa shape index (κ2) is 10.2. The quantitative estimate of drug-likeness (QED) is 0.286. The topological polar surface area (TPSA) is 26.3 Å². The third-order valence-corrected chi connectivity index (χ3v) is 12.8. The third kappa shape index (κ3) is 4.23. The van der Waals surface area contributed by atoms with Gasteiger partial charge >= 0.3 is 5.97 Å². The predicted molar refractivity (Wildman–Crippen MR) is 146 cm³/mol. The average Bonchev–Trinajstić information content (AvgIpc) is 2.90. The Morgan fingerprint density at radius 3 is 1.42 bits per heavy atom. The van der Waals surface area contributed by atoms with Crippen molar-refractivity contribution in [2.45, 2.75) is 38.5 Å². The van der Waals surface area contributed by atoms with Crippen LogP contribution in [-0.2, 0) is 9.53 Å². The molecule has 4 aliphatic carbocycles. The van der Waals surface area contributed by atoms with E-state index in [1.54, 1.807) is 7.11 Å². The first-order valence-corrected chi connectivity index (χ1v) is 14.9. The van der Waals surface area contributed by atoms with E-state index in [-0.39, 0.29) is 23.8 Å². The van der Waals surface area contributed by atoms with Crippen LogP contribution in [0, 0.1) is 23.2 Å². The molecule has 0 spiro atoms. The number of benzene rings is 3. The molecular weight excluding hydrogens is 483 g/mol. The zero-order valence-corrected chi connectivity index (χ0v) is 22.5. The SMILES string of the molecule is COC(=O)/C(=C\[P+](c1ccccc1)(c1ccccc1)c1ccccc1)C12CC3CC(CC(C3)C1)C2.[Cl-]. The number of ether oxygens (including phenoxy) is 1. The van der Waals surface area contributed by atoms with Gasteiger partial charge < -0.3 is 17.1 Å². The molecule has 4 saturated carbocycles. The fourth-order valence-corrected chi connectivity index (χ4v) is 11.8. The van der Waals surface area contributed by atoms with Crippen molar-refractivity contribution >= 4 is 29.1 Å². The molecule has 186 valence electrons. The summed E-state index contributed by atoms with van der Waals surface area (Å²) in [6, 6.07) is 32.5. The zero-order valence-electron chi connectivity index (χ0n) is 20.9. The molecule has 36 heavy (non-hydrogen) atoms. The van der Waals surface area contributed by atoms with E-state index >= 15 is 0 Å². The van der Waals surface area contributed by atoms with Crippen LogP contribution in [0.2, 0.25) is 0 Å². The summed E-state index contributed by atoms with van der Waals surface area (Å²) in [6.07, 6.45) is 7.47. The molecule has 4 aliphatic rings. The summed E-state index contributed by atoms with van der Waals surface area (Å²) < 4.78 is 5.57. The fraction of sp³-hybridized carbons (Fsp3) is 0.344. The number of carbonyl (C=O) groups excluding carboxylic acids is 1. The van der Waals surface area contributed by atoms with E-state index in [2.05, 4.69) is 96.8 Å². The van der Waals surface area contributed by atoms with Gasteiger partial charge in [0, 0.05) is 5.41 Å². The highest BCUT2D eigenvalue weighted by atomic mass is 35.5. The van der Waals surface area contributed by atoms with Crippen LogP contribution in [0.1, 0.15) is 38.5 Å². The van der Waals surface area contributed by atoms with Gasteiger partial charge in [-0.3, -0.25) is 0 Å². The molecule has 2 nitrogen and oxygen atoms in total. The number of carbonyl (C=O) groups is 1. The highest BCUT2D eigenvalue weighted by Crippen LogP contribution is 2.66. The van der Waals surface area contributed by atoms with Gasteiger partial charge in [0.15, 0.2) is 0 Å². The average molecular weight is 517 g/mol. The molecule has 3 aromatic carbocycles. The van der Waals surface area contributed by atoms with E-state index in [4.69, 9.17) is 4.74 Å². The molecule has 0 aromatic heterocycles. The van der Waals surface area contributed by atoms with Crippen LogP contribution in [0.25, 0.3) is 0 Å². The van der Waals surface area contributed by atoms with E-state index in [0.717, 1.165) is 42.6 Å². The second-order valence-corrected chi connectivity index (χ2v) is 14.2. The van der Waals surface area contributed by atoms with Crippen molar-refractivity contribution in [3.8, 4) is 0 Å². The van der Waals surface area contributed by atoms with Gasteiger partial charge in [-0.1, -0.05) is 54.6 Å². The summed E-state index contributed by atoms with van der Waals surface area (Å²) in [6.45, 7) is 0. The Morgan fingerprint density at radius 2 is 1.08 bits per heavy atom. The molecule has 7 rings (SSSR count). The molecule has 0 heterocycles. The van der Waals surface area contributed by atoms with Crippen molar-refractivity contribution in [3.05, 3.63) is 102 Å². The highest BCUT2D eigenvalue weighted by molar-refractivity contribution is 7.98. The maximum absolute atomic E-state index is 13.7. The van der Waals surface area contributed by atoms with E-state index in [1.165, 1.54) is 35.2 Å². The molecular formula is C32H34ClO2P. The van der Waals surface area contributed by atoms with Crippen LogP contribution in [-0.4, -0.2) is 13.1 Å². The number of hydrogen-bond acceptors (Lipinski definition) is 2. The van der Waals surface area contributed by atoms with Crippen molar-refractivity contribution in [3.63, 3.8) is 0 Å². The van der Waals surface area contributed by atoms with Gasteiger partial charge in [-0.2, -0.15) is 0 Å². The van der Waals surface area contributed by atoms with Crippen molar-refractivity contribution in [1.29, 1.82) is 0 Å². The Balaban J connectivity index is 0.00000267. The monoisotopic (exact) mass is 516 g/mol. The molecule has 0 unspecified atom stereocenters. The minimum absolute atomic E-state index is 0. The van der Waals surface area contributed by atoms with Gasteiger partial charge in [0.25, 0.3) is 0 Å². The predicted octanol–water partition coefficient (Wildman–Crippen LogP) is 3.26. The fourth-order valence-electron chi connectivity index (χ4n) is 7.81. The smallest absolute Gasteiger partial charge is 0.337 e. The van der Waals surface area contributed by atoms with Crippen LogP contribution < -0.4 is 28.3 Å². The van der Waals surface area contributed by atoms with Gasteiger partial charge in [0.05, 0.1) is 18.5 Å². The number of methoxy groups -OCH3 is 1. The Morgan fingerprint density at radius 1 is 0.722 bits per heavy atom. The first kappa shape index (κ1) is 25.2. The van der Waals surface area contributed by atoms with Gasteiger partial charge in [-0.25, -0.2) is 4.79 Å². The number of hydrogen-bond donors (Lipinski definition) is 0. The molecule has 0 amide bonds. The number of esters is 1. The zero-order chi connectivity index (χ0) is 23.9. The van der Waals surface area contributed by atoms with Crippen LogP contribution in [0.3, 0.4) is 0 Å². The van der Waals surface area contributed by atoms with E-state index in [1.807, 2.05) is 0 Å². The lowest BCUT2D eigenvalue weighted by molar-refractivity contribution is -0.140. The summed E-state index contributed by atoms with van der Waals surface area (Å²) in [5.74, 6) is 4.57. The summed E-state index contributed by atoms with van der Waals surface area (Å²) in [7, 11) is -0.702. The third-order valence-electron chi connectivity index (χ3n) is 8.83. The summed E-state index contributed by atoms with van der Waals surface area (Å²) in [5.41, 5.74) is 0.898. The van der Waals surface area contributed by atoms with Crippen molar-refractivity contribution in [1.82, 2.24) is 0 Å². The van der Waals surface area contributed by atoms with Gasteiger partial charge in [0.1, 0.15) is 23.2 Å². The molecule has 4 heteroatoms. The van der Waals surface area contributed by atoms with Crippen LogP contribution in [0.5, 0.6) is 0 Å². The van der Waals surface area contributed by atoms with E-state index in [0.29, 0.717) is 0 Å². The molecule has 3 aromatic rings. The number of halogens is 1. The van der Waals surface area contributed by atoms with Crippen molar-refractivity contribution in [2.24, 2.45) is 23.2 Å². The first-order valence-electron chi connectivity index (χ1n) is 13.0. The summed E-state index contributed by atoms with van der Waals surface area (Å²) >= 11 is 0. The normalized spacial score (nSPS) is 26.8. The molecule has 0 aliphatic heterocycles. The highest BCUT2D eigenvalue weighted by Gasteiger charge is 2.56. The maximum Gasteiger partial charge on any atom is 0.337 e. The van der Waals surface area contributed by atoms with E-state index < -0.39 is 7.26 Å². The Bertz CT molecular complexity index is 1090. The second-order valence-electron chi connectivity index (χ2n) is 11.0. The standard InChI is InChI=1S/C32H34O2P.ClH/c1-34-31(33)30(32-20-24-17-25(21-32)19-26(18-24)22-32)23-35(27-11-5-2-6-12-27,28-13-7-3-8-14-28)29-15-9-4-10-16-29;/h2-16,23-26H,17-22H2,1H3;1H/q+1;/p-1/b30-23+;. The first-order chi connectivity index (χ1) is 17.1. The molecule has 4 bridgehead atoms. The summed E-state index contributed by atoms with van der Waals surface area (Å²) in [4.78, 5) is 13.7. The van der Waals surface area contributed by atoms with Gasteiger partial charge in [-0.15, -0.1) is 0 Å². The minimum atomic E-state index is -2.26.